The van der Waals surface area contributed by atoms with Crippen LogP contribution in [0.3, 0.4) is 0 Å². The molecule has 0 aliphatic carbocycles. The van der Waals surface area contributed by atoms with Gasteiger partial charge in [-0.2, -0.15) is 0 Å². The molecule has 86 valence electrons. The monoisotopic (exact) mass is 291 g/mol. The standard InChI is InChI=1S/C12H10BrN3O/c1-8-4-9(2-3-11(8)13)12(17)16-10-5-14-7-15-6-10/h2-7H,1H3,(H,16,17). The topological polar surface area (TPSA) is 54.9 Å². The fourth-order valence-corrected chi connectivity index (χ4v) is 1.60. The number of hydrogen-bond donors (Lipinski definition) is 1. The molecule has 0 radical (unpaired) electrons. The number of anilines is 1. The first-order chi connectivity index (χ1) is 8.16. The molecule has 1 N–H and O–H groups in total. The molecule has 1 aromatic heterocycles. The van der Waals surface area contributed by atoms with E-state index in [1.165, 1.54) is 6.33 Å². The van der Waals surface area contributed by atoms with Crippen LogP contribution in [-0.4, -0.2) is 15.9 Å². The van der Waals surface area contributed by atoms with Crippen LogP contribution in [0, 0.1) is 6.92 Å². The van der Waals surface area contributed by atoms with Crippen LogP contribution in [0.4, 0.5) is 5.69 Å². The highest BCUT2D eigenvalue weighted by Gasteiger charge is 2.07. The van der Waals surface area contributed by atoms with Crippen LogP contribution in [0.15, 0.2) is 41.4 Å². The zero-order chi connectivity index (χ0) is 12.3. The van der Waals surface area contributed by atoms with E-state index in [-0.39, 0.29) is 5.91 Å². The van der Waals surface area contributed by atoms with Crippen molar-refractivity contribution in [1.29, 1.82) is 0 Å². The maximum atomic E-state index is 11.9. The second-order valence-electron chi connectivity index (χ2n) is 3.55. The van der Waals surface area contributed by atoms with Crippen molar-refractivity contribution >= 4 is 27.5 Å². The number of nitrogens with one attached hydrogen (secondary N) is 1. The summed E-state index contributed by atoms with van der Waals surface area (Å²) in [5.41, 5.74) is 2.20. The Morgan fingerprint density at radius 1 is 1.29 bits per heavy atom. The second kappa shape index (κ2) is 5.05. The summed E-state index contributed by atoms with van der Waals surface area (Å²) >= 11 is 3.39. The smallest absolute Gasteiger partial charge is 0.255 e. The molecule has 0 unspecified atom stereocenters. The largest absolute Gasteiger partial charge is 0.319 e. The van der Waals surface area contributed by atoms with Gasteiger partial charge >= 0.3 is 0 Å². The molecule has 0 saturated heterocycles. The van der Waals surface area contributed by atoms with Gasteiger partial charge in [-0.15, -0.1) is 0 Å². The van der Waals surface area contributed by atoms with Crippen LogP contribution in [0.25, 0.3) is 0 Å². The van der Waals surface area contributed by atoms with Crippen molar-refractivity contribution < 1.29 is 4.79 Å². The summed E-state index contributed by atoms with van der Waals surface area (Å²) in [6.45, 7) is 1.94. The summed E-state index contributed by atoms with van der Waals surface area (Å²) < 4.78 is 0.983. The third-order valence-electron chi connectivity index (χ3n) is 2.24. The third-order valence-corrected chi connectivity index (χ3v) is 3.13. The maximum Gasteiger partial charge on any atom is 0.255 e. The molecule has 0 saturated carbocycles. The van der Waals surface area contributed by atoms with Crippen LogP contribution in [0.2, 0.25) is 0 Å². The number of aromatic nitrogens is 2. The lowest BCUT2D eigenvalue weighted by atomic mass is 10.1. The van der Waals surface area contributed by atoms with Crippen molar-refractivity contribution in [3.8, 4) is 0 Å². The van der Waals surface area contributed by atoms with Crippen molar-refractivity contribution in [2.24, 2.45) is 0 Å². The Kier molecular flexibility index (Phi) is 3.49. The van der Waals surface area contributed by atoms with E-state index in [9.17, 15) is 4.79 Å². The molecule has 0 bridgehead atoms. The number of aryl methyl sites for hydroxylation is 1. The van der Waals surface area contributed by atoms with Gasteiger partial charge in [0.05, 0.1) is 18.1 Å². The highest BCUT2D eigenvalue weighted by Crippen LogP contribution is 2.17. The summed E-state index contributed by atoms with van der Waals surface area (Å²) in [6, 6.07) is 5.44. The number of nitrogens with zero attached hydrogens (tertiary/aromatic N) is 2. The van der Waals surface area contributed by atoms with Crippen LogP contribution in [0.1, 0.15) is 15.9 Å². The first-order valence-electron chi connectivity index (χ1n) is 4.99. The van der Waals surface area contributed by atoms with Gasteiger partial charge in [-0.25, -0.2) is 9.97 Å². The van der Waals surface area contributed by atoms with E-state index in [1.54, 1.807) is 18.5 Å². The normalized spacial score (nSPS) is 10.0. The average Bonchev–Trinajstić information content (AvgIpc) is 2.34. The minimum Gasteiger partial charge on any atom is -0.319 e. The molecule has 0 fully saturated rings. The Balaban J connectivity index is 2.18. The number of amides is 1. The van der Waals surface area contributed by atoms with E-state index in [1.807, 2.05) is 19.1 Å². The van der Waals surface area contributed by atoms with Crippen LogP contribution in [0.5, 0.6) is 0 Å². The SMILES string of the molecule is Cc1cc(C(=O)Nc2cncnc2)ccc1Br. The van der Waals surface area contributed by atoms with Gasteiger partial charge in [0.1, 0.15) is 6.33 Å². The van der Waals surface area contributed by atoms with E-state index in [4.69, 9.17) is 0 Å². The lowest BCUT2D eigenvalue weighted by molar-refractivity contribution is 0.102. The van der Waals surface area contributed by atoms with Gasteiger partial charge in [0.2, 0.25) is 0 Å². The van der Waals surface area contributed by atoms with E-state index in [0.717, 1.165) is 10.0 Å². The summed E-state index contributed by atoms with van der Waals surface area (Å²) in [4.78, 5) is 19.6. The number of rotatable bonds is 2. The minimum atomic E-state index is -0.171. The third kappa shape index (κ3) is 2.88. The van der Waals surface area contributed by atoms with Crippen molar-refractivity contribution in [2.75, 3.05) is 5.32 Å². The number of carbonyl (C=O) groups excluding carboxylic acids is 1. The number of carbonyl (C=O) groups is 1. The molecule has 4 nitrogen and oxygen atoms in total. The van der Waals surface area contributed by atoms with E-state index < -0.39 is 0 Å². The number of hydrogen-bond acceptors (Lipinski definition) is 3. The summed E-state index contributed by atoms with van der Waals surface area (Å²) in [5, 5.41) is 2.73. The second-order valence-corrected chi connectivity index (χ2v) is 4.40. The Labute approximate surface area is 107 Å². The Morgan fingerprint density at radius 3 is 2.65 bits per heavy atom. The predicted octanol–water partition coefficient (Wildman–Crippen LogP) is 2.80. The molecule has 0 aliphatic rings. The number of halogens is 1. The Hall–Kier alpha value is -1.75. The summed E-state index contributed by atoms with van der Waals surface area (Å²) in [5.74, 6) is -0.171. The summed E-state index contributed by atoms with van der Waals surface area (Å²) in [7, 11) is 0. The highest BCUT2D eigenvalue weighted by molar-refractivity contribution is 9.10. The molecule has 1 heterocycles. The number of benzene rings is 1. The van der Waals surface area contributed by atoms with Crippen LogP contribution < -0.4 is 5.32 Å². The molecule has 0 spiro atoms. The molecule has 5 heteroatoms. The molecule has 17 heavy (non-hydrogen) atoms. The quantitative estimate of drug-likeness (QED) is 0.926. The molecular formula is C12H10BrN3O. The molecule has 2 rings (SSSR count). The van der Waals surface area contributed by atoms with Gasteiger partial charge in [-0.3, -0.25) is 4.79 Å². The van der Waals surface area contributed by atoms with Gasteiger partial charge in [0, 0.05) is 10.0 Å². The van der Waals surface area contributed by atoms with Gasteiger partial charge in [0.15, 0.2) is 0 Å². The first kappa shape index (κ1) is 11.7. The first-order valence-corrected chi connectivity index (χ1v) is 5.78. The molecule has 2 aromatic rings. The zero-order valence-electron chi connectivity index (χ0n) is 9.14. The molecule has 1 amide bonds. The fraction of sp³-hybridized carbons (Fsp3) is 0.0833. The molecule has 0 atom stereocenters. The fourth-order valence-electron chi connectivity index (χ4n) is 1.35. The molecule has 0 aliphatic heterocycles. The van der Waals surface area contributed by atoms with E-state index >= 15 is 0 Å². The van der Waals surface area contributed by atoms with Gasteiger partial charge in [-0.1, -0.05) is 15.9 Å². The average molecular weight is 292 g/mol. The summed E-state index contributed by atoms with van der Waals surface area (Å²) in [6.07, 6.45) is 4.52. The van der Waals surface area contributed by atoms with Gasteiger partial charge in [0.25, 0.3) is 5.91 Å². The maximum absolute atomic E-state index is 11.9. The minimum absolute atomic E-state index is 0.171. The molecule has 1 aromatic carbocycles. The van der Waals surface area contributed by atoms with E-state index in [0.29, 0.717) is 11.3 Å². The van der Waals surface area contributed by atoms with Crippen molar-refractivity contribution in [3.05, 3.63) is 52.5 Å². The van der Waals surface area contributed by atoms with Crippen molar-refractivity contribution in [1.82, 2.24) is 9.97 Å². The van der Waals surface area contributed by atoms with Crippen molar-refractivity contribution in [3.63, 3.8) is 0 Å². The van der Waals surface area contributed by atoms with Gasteiger partial charge < -0.3 is 5.32 Å². The van der Waals surface area contributed by atoms with Crippen LogP contribution in [-0.2, 0) is 0 Å². The molecular weight excluding hydrogens is 282 g/mol. The lowest BCUT2D eigenvalue weighted by Crippen LogP contribution is -2.12. The Bertz CT molecular complexity index is 543. The van der Waals surface area contributed by atoms with E-state index in [2.05, 4.69) is 31.2 Å². The van der Waals surface area contributed by atoms with Crippen LogP contribution >= 0.6 is 15.9 Å². The highest BCUT2D eigenvalue weighted by atomic mass is 79.9. The van der Waals surface area contributed by atoms with Crippen molar-refractivity contribution in [2.45, 2.75) is 6.92 Å². The predicted molar refractivity (Wildman–Crippen MR) is 68.9 cm³/mol. The van der Waals surface area contributed by atoms with Gasteiger partial charge in [-0.05, 0) is 30.7 Å². The Morgan fingerprint density at radius 2 is 2.00 bits per heavy atom. The lowest BCUT2D eigenvalue weighted by Gasteiger charge is -2.05. The zero-order valence-corrected chi connectivity index (χ0v) is 10.7.